The molecular weight excluding hydrogens is 457 g/mol. The van der Waals surface area contributed by atoms with Gasteiger partial charge in [0.15, 0.2) is 0 Å². The number of hydrogen-bond acceptors (Lipinski definition) is 4. The van der Waals surface area contributed by atoms with Crippen molar-refractivity contribution in [2.75, 3.05) is 23.8 Å². The average molecular weight is 475 g/mol. The summed E-state index contributed by atoms with van der Waals surface area (Å²) in [6.07, 6.45) is 1.04. The Hall–Kier alpha value is -1.67. The Balaban J connectivity index is 2.02. The second-order valence-corrected chi connectivity index (χ2v) is 6.74. The number of halogens is 3. The van der Waals surface area contributed by atoms with E-state index in [0.29, 0.717) is 23.9 Å². The molecular formula is C17H18Br2FN3O2. The summed E-state index contributed by atoms with van der Waals surface area (Å²) in [7, 11) is 0. The molecule has 0 aliphatic rings. The number of anilines is 2. The van der Waals surface area contributed by atoms with E-state index in [1.807, 2.05) is 37.3 Å². The van der Waals surface area contributed by atoms with E-state index in [-0.39, 0.29) is 28.6 Å². The molecule has 5 nitrogen and oxygen atoms in total. The lowest BCUT2D eigenvalue weighted by Gasteiger charge is -2.14. The number of pyridine rings is 1. The lowest BCUT2D eigenvalue weighted by Crippen LogP contribution is -2.15. The number of carbonyl (C=O) groups excluding carboxylic acids is 1. The van der Waals surface area contributed by atoms with Crippen molar-refractivity contribution >= 4 is 49.1 Å². The van der Waals surface area contributed by atoms with Crippen LogP contribution in [0.25, 0.3) is 0 Å². The SMILES string of the molecule is CCCC(=O)Nc1c(Br)c(F)nc(OCCNc2ccccc2)c1Br. The molecule has 0 aliphatic carbocycles. The van der Waals surface area contributed by atoms with E-state index in [9.17, 15) is 9.18 Å². The topological polar surface area (TPSA) is 63.2 Å². The maximum absolute atomic E-state index is 14.0. The minimum Gasteiger partial charge on any atom is -0.475 e. The molecule has 2 N–H and O–H groups in total. The van der Waals surface area contributed by atoms with Gasteiger partial charge in [-0.3, -0.25) is 4.79 Å². The van der Waals surface area contributed by atoms with Gasteiger partial charge >= 0.3 is 0 Å². The van der Waals surface area contributed by atoms with Gasteiger partial charge in [0, 0.05) is 18.7 Å². The number of aromatic nitrogens is 1. The smallest absolute Gasteiger partial charge is 0.232 e. The Morgan fingerprint density at radius 3 is 2.64 bits per heavy atom. The van der Waals surface area contributed by atoms with Crippen molar-refractivity contribution < 1.29 is 13.9 Å². The third kappa shape index (κ3) is 5.67. The predicted molar refractivity (Wildman–Crippen MR) is 104 cm³/mol. The zero-order valence-electron chi connectivity index (χ0n) is 13.6. The lowest BCUT2D eigenvalue weighted by molar-refractivity contribution is -0.116. The number of para-hydroxylation sites is 1. The molecule has 2 aromatic rings. The number of hydrogen-bond donors (Lipinski definition) is 2. The van der Waals surface area contributed by atoms with E-state index in [1.165, 1.54) is 0 Å². The van der Waals surface area contributed by atoms with Crippen molar-refractivity contribution in [1.29, 1.82) is 0 Å². The second kappa shape index (κ2) is 9.72. The number of amides is 1. The molecule has 0 atom stereocenters. The van der Waals surface area contributed by atoms with Crippen molar-refractivity contribution in [3.63, 3.8) is 0 Å². The first-order valence-corrected chi connectivity index (χ1v) is 9.37. The molecule has 0 spiro atoms. The summed E-state index contributed by atoms with van der Waals surface area (Å²) in [4.78, 5) is 15.6. The molecule has 0 bridgehead atoms. The summed E-state index contributed by atoms with van der Waals surface area (Å²) < 4.78 is 20.0. The van der Waals surface area contributed by atoms with Gasteiger partial charge in [-0.1, -0.05) is 25.1 Å². The molecule has 0 unspecified atom stereocenters. The fraction of sp³-hybridized carbons (Fsp3) is 0.294. The van der Waals surface area contributed by atoms with Gasteiger partial charge in [0.2, 0.25) is 17.7 Å². The highest BCUT2D eigenvalue weighted by molar-refractivity contribution is 9.11. The molecule has 1 aromatic carbocycles. The Kier molecular flexibility index (Phi) is 7.64. The lowest BCUT2D eigenvalue weighted by atomic mass is 10.3. The van der Waals surface area contributed by atoms with Gasteiger partial charge < -0.3 is 15.4 Å². The highest BCUT2D eigenvalue weighted by Crippen LogP contribution is 2.38. The minimum absolute atomic E-state index is 0.0820. The van der Waals surface area contributed by atoms with Crippen molar-refractivity contribution in [3.8, 4) is 5.88 Å². The van der Waals surface area contributed by atoms with Crippen LogP contribution < -0.4 is 15.4 Å². The first-order valence-electron chi connectivity index (χ1n) is 7.79. The van der Waals surface area contributed by atoms with Crippen LogP contribution >= 0.6 is 31.9 Å². The van der Waals surface area contributed by atoms with Crippen LogP contribution in [-0.4, -0.2) is 24.0 Å². The second-order valence-electron chi connectivity index (χ2n) is 5.15. The Bertz CT molecular complexity index is 730. The molecule has 2 rings (SSSR count). The summed E-state index contributed by atoms with van der Waals surface area (Å²) in [5.74, 6) is -0.866. The first-order chi connectivity index (χ1) is 12.0. The number of nitrogens with zero attached hydrogens (tertiary/aromatic N) is 1. The molecule has 134 valence electrons. The molecule has 0 aliphatic heterocycles. The van der Waals surface area contributed by atoms with E-state index >= 15 is 0 Å². The van der Waals surface area contributed by atoms with E-state index in [1.54, 1.807) is 0 Å². The van der Waals surface area contributed by atoms with Gasteiger partial charge in [-0.05, 0) is 50.4 Å². The van der Waals surface area contributed by atoms with Gasteiger partial charge in [-0.25, -0.2) is 0 Å². The molecule has 25 heavy (non-hydrogen) atoms. The number of benzene rings is 1. The largest absolute Gasteiger partial charge is 0.475 e. The van der Waals surface area contributed by atoms with E-state index < -0.39 is 5.95 Å². The monoisotopic (exact) mass is 473 g/mol. The first kappa shape index (κ1) is 19.7. The highest BCUT2D eigenvalue weighted by Gasteiger charge is 2.19. The molecule has 0 radical (unpaired) electrons. The van der Waals surface area contributed by atoms with Gasteiger partial charge in [0.25, 0.3) is 0 Å². The Morgan fingerprint density at radius 1 is 1.24 bits per heavy atom. The summed E-state index contributed by atoms with van der Waals surface area (Å²) in [5, 5.41) is 5.85. The van der Waals surface area contributed by atoms with Crippen molar-refractivity contribution in [2.24, 2.45) is 0 Å². The summed E-state index contributed by atoms with van der Waals surface area (Å²) >= 11 is 6.43. The molecule has 1 heterocycles. The summed E-state index contributed by atoms with van der Waals surface area (Å²) in [6.45, 7) is 2.70. The normalized spacial score (nSPS) is 10.4. The molecule has 0 saturated heterocycles. The third-order valence-corrected chi connectivity index (χ3v) is 4.65. The highest BCUT2D eigenvalue weighted by atomic mass is 79.9. The van der Waals surface area contributed by atoms with Gasteiger partial charge in [0.05, 0.1) is 10.2 Å². The van der Waals surface area contributed by atoms with Crippen LogP contribution in [0.5, 0.6) is 5.88 Å². The molecule has 1 amide bonds. The number of ether oxygens (including phenoxy) is 1. The molecule has 8 heteroatoms. The number of carbonyl (C=O) groups is 1. The van der Waals surface area contributed by atoms with Crippen LogP contribution in [0.3, 0.4) is 0 Å². The quantitative estimate of drug-likeness (QED) is 0.418. The van der Waals surface area contributed by atoms with E-state index in [4.69, 9.17) is 4.74 Å². The fourth-order valence-corrected chi connectivity index (χ4v) is 3.18. The maximum Gasteiger partial charge on any atom is 0.232 e. The van der Waals surface area contributed by atoms with Crippen molar-refractivity contribution in [3.05, 3.63) is 45.2 Å². The zero-order valence-corrected chi connectivity index (χ0v) is 16.8. The van der Waals surface area contributed by atoms with Crippen LogP contribution in [0.15, 0.2) is 39.3 Å². The summed E-state index contributed by atoms with van der Waals surface area (Å²) in [5.41, 5.74) is 1.24. The predicted octanol–water partition coefficient (Wildman–Crippen LogP) is 4.98. The zero-order chi connectivity index (χ0) is 18.2. The molecule has 0 saturated carbocycles. The Labute approximate surface area is 162 Å². The average Bonchev–Trinajstić information content (AvgIpc) is 2.61. The summed E-state index contributed by atoms with van der Waals surface area (Å²) in [6, 6.07) is 9.67. The van der Waals surface area contributed by atoms with Crippen LogP contribution in [0.2, 0.25) is 0 Å². The Morgan fingerprint density at radius 2 is 1.96 bits per heavy atom. The minimum atomic E-state index is -0.749. The van der Waals surface area contributed by atoms with Crippen LogP contribution in [0.1, 0.15) is 19.8 Å². The van der Waals surface area contributed by atoms with Gasteiger partial charge in [-0.2, -0.15) is 9.37 Å². The molecule has 1 aromatic heterocycles. The van der Waals surface area contributed by atoms with E-state index in [2.05, 4.69) is 47.5 Å². The van der Waals surface area contributed by atoms with Crippen molar-refractivity contribution in [1.82, 2.24) is 4.98 Å². The third-order valence-electron chi connectivity index (χ3n) is 3.19. The van der Waals surface area contributed by atoms with Gasteiger partial charge in [-0.15, -0.1) is 0 Å². The van der Waals surface area contributed by atoms with Crippen LogP contribution in [0.4, 0.5) is 15.8 Å². The van der Waals surface area contributed by atoms with E-state index in [0.717, 1.165) is 5.69 Å². The van der Waals surface area contributed by atoms with Crippen LogP contribution in [0, 0.1) is 5.95 Å². The van der Waals surface area contributed by atoms with Crippen molar-refractivity contribution in [2.45, 2.75) is 19.8 Å². The van der Waals surface area contributed by atoms with Gasteiger partial charge in [0.1, 0.15) is 11.1 Å². The number of nitrogens with one attached hydrogen (secondary N) is 2. The maximum atomic E-state index is 14.0. The van der Waals surface area contributed by atoms with Crippen LogP contribution in [-0.2, 0) is 4.79 Å². The standard InChI is InChI=1S/C17H18Br2FN3O2/c1-2-6-12(24)22-15-13(18)16(20)23-17(14(15)19)25-10-9-21-11-7-4-3-5-8-11/h3-5,7-8,21H,2,6,9-10H2,1H3,(H,22,23,24). The molecule has 0 fully saturated rings. The number of rotatable bonds is 8. The fourth-order valence-electron chi connectivity index (χ4n) is 2.03.